The number of hydrogen-bond acceptors (Lipinski definition) is 3. The van der Waals surface area contributed by atoms with Crippen molar-refractivity contribution in [1.82, 2.24) is 0 Å². The molecule has 0 amide bonds. The van der Waals surface area contributed by atoms with E-state index in [9.17, 15) is 4.79 Å². The average molecular weight is 541 g/mol. The third kappa shape index (κ3) is 8.83. The molecule has 0 radical (unpaired) electrons. The summed E-state index contributed by atoms with van der Waals surface area (Å²) < 4.78 is 11.8. The van der Waals surface area contributed by atoms with Crippen molar-refractivity contribution in [3.8, 4) is 0 Å². The van der Waals surface area contributed by atoms with E-state index in [0.717, 1.165) is 36.0 Å². The van der Waals surface area contributed by atoms with Crippen molar-refractivity contribution >= 4 is 5.97 Å². The molecule has 39 heavy (non-hydrogen) atoms. The van der Waals surface area contributed by atoms with Crippen LogP contribution in [0.1, 0.15) is 155 Å². The van der Waals surface area contributed by atoms with Crippen molar-refractivity contribution in [2.75, 3.05) is 6.61 Å². The lowest BCUT2D eigenvalue weighted by molar-refractivity contribution is -0.143. The molecule has 0 heterocycles. The minimum atomic E-state index is 0.0100. The third-order valence-corrected chi connectivity index (χ3v) is 11.7. The first-order valence-corrected chi connectivity index (χ1v) is 17.7. The number of rotatable bonds is 12. The molecule has 4 unspecified atom stereocenters. The number of allylic oxidation sites excluding steroid dienone is 2. The second-order valence-electron chi connectivity index (χ2n) is 14.4. The van der Waals surface area contributed by atoms with Crippen LogP contribution in [0.25, 0.3) is 0 Å². The minimum absolute atomic E-state index is 0.0100. The predicted molar refractivity (Wildman–Crippen MR) is 161 cm³/mol. The standard InChI is InChI=1S/C36H60O3/c1-2-38-36(37)24-18-29-17-23-34-30(26-31(35(34)25-29)20-13-27-9-5-3-6-10-27)19-14-28-15-21-33(22-16-28)39-32-11-7-4-8-12-32/h26-30,32-35H,2-25H2,1H3. The molecular formula is C36H60O3. The summed E-state index contributed by atoms with van der Waals surface area (Å²) in [6, 6.07) is 0. The molecule has 0 aromatic rings. The summed E-state index contributed by atoms with van der Waals surface area (Å²) in [4.78, 5) is 12.0. The maximum atomic E-state index is 12.0. The summed E-state index contributed by atoms with van der Waals surface area (Å²) in [5.74, 6) is 5.14. The summed E-state index contributed by atoms with van der Waals surface area (Å²) in [6.07, 6.45) is 34.8. The lowest BCUT2D eigenvalue weighted by Gasteiger charge is -2.37. The van der Waals surface area contributed by atoms with Gasteiger partial charge in [0.15, 0.2) is 0 Å². The molecule has 222 valence electrons. The van der Waals surface area contributed by atoms with Crippen molar-refractivity contribution in [1.29, 1.82) is 0 Å². The number of ether oxygens (including phenoxy) is 2. The van der Waals surface area contributed by atoms with Crippen molar-refractivity contribution < 1.29 is 14.3 Å². The van der Waals surface area contributed by atoms with Gasteiger partial charge in [-0.25, -0.2) is 0 Å². The van der Waals surface area contributed by atoms with Crippen LogP contribution in [0.2, 0.25) is 0 Å². The summed E-state index contributed by atoms with van der Waals surface area (Å²) in [5, 5.41) is 0. The van der Waals surface area contributed by atoms with E-state index in [-0.39, 0.29) is 5.97 Å². The second-order valence-corrected chi connectivity index (χ2v) is 14.4. The van der Waals surface area contributed by atoms with Crippen molar-refractivity contribution in [2.24, 2.45) is 35.5 Å². The Hall–Kier alpha value is -0.830. The number of fused-ring (bicyclic) bond motifs is 1. The van der Waals surface area contributed by atoms with Gasteiger partial charge in [0.25, 0.3) is 0 Å². The van der Waals surface area contributed by atoms with Gasteiger partial charge in [-0.1, -0.05) is 69.4 Å². The minimum Gasteiger partial charge on any atom is -0.466 e. The van der Waals surface area contributed by atoms with Crippen molar-refractivity contribution in [3.63, 3.8) is 0 Å². The summed E-state index contributed by atoms with van der Waals surface area (Å²) in [7, 11) is 0. The fourth-order valence-electron chi connectivity index (χ4n) is 9.43. The largest absolute Gasteiger partial charge is 0.466 e. The highest BCUT2D eigenvalue weighted by molar-refractivity contribution is 5.69. The zero-order valence-corrected chi connectivity index (χ0v) is 25.4. The lowest BCUT2D eigenvalue weighted by atomic mass is 9.68. The zero-order valence-electron chi connectivity index (χ0n) is 25.4. The van der Waals surface area contributed by atoms with Gasteiger partial charge in [-0.2, -0.15) is 0 Å². The van der Waals surface area contributed by atoms with Gasteiger partial charge in [-0.05, 0) is 126 Å². The van der Waals surface area contributed by atoms with Gasteiger partial charge in [0, 0.05) is 6.42 Å². The second kappa shape index (κ2) is 15.4. The van der Waals surface area contributed by atoms with E-state index >= 15 is 0 Å². The molecule has 0 aromatic heterocycles. The maximum absolute atomic E-state index is 12.0. The van der Waals surface area contributed by atoms with Crippen LogP contribution in [0.4, 0.5) is 0 Å². The quantitative estimate of drug-likeness (QED) is 0.182. The molecule has 0 spiro atoms. The number of carbonyl (C=O) groups is 1. The zero-order chi connectivity index (χ0) is 26.9. The lowest BCUT2D eigenvalue weighted by Crippen LogP contribution is -2.29. The van der Waals surface area contributed by atoms with E-state index in [0.29, 0.717) is 31.2 Å². The van der Waals surface area contributed by atoms with Gasteiger partial charge in [0.05, 0.1) is 18.8 Å². The van der Waals surface area contributed by atoms with E-state index in [1.807, 2.05) is 12.5 Å². The molecule has 0 aliphatic heterocycles. The van der Waals surface area contributed by atoms with Gasteiger partial charge >= 0.3 is 5.97 Å². The highest BCUT2D eigenvalue weighted by Gasteiger charge is 2.41. The van der Waals surface area contributed by atoms with E-state index in [1.165, 1.54) is 135 Å². The van der Waals surface area contributed by atoms with Crippen LogP contribution in [-0.2, 0) is 14.3 Å². The van der Waals surface area contributed by atoms with Crippen LogP contribution in [0.15, 0.2) is 11.6 Å². The molecule has 5 rings (SSSR count). The Kier molecular flexibility index (Phi) is 11.7. The number of esters is 1. The Morgan fingerprint density at radius 2 is 1.38 bits per heavy atom. The molecular weight excluding hydrogens is 480 g/mol. The molecule has 0 aromatic carbocycles. The maximum Gasteiger partial charge on any atom is 0.305 e. The Morgan fingerprint density at radius 3 is 2.13 bits per heavy atom. The van der Waals surface area contributed by atoms with E-state index < -0.39 is 0 Å². The monoisotopic (exact) mass is 540 g/mol. The van der Waals surface area contributed by atoms with Gasteiger partial charge in [-0.3, -0.25) is 4.79 Å². The first-order valence-electron chi connectivity index (χ1n) is 17.7. The smallest absolute Gasteiger partial charge is 0.305 e. The first kappa shape index (κ1) is 29.7. The predicted octanol–water partition coefficient (Wildman–Crippen LogP) is 9.97. The van der Waals surface area contributed by atoms with Crippen LogP contribution in [0.3, 0.4) is 0 Å². The first-order chi connectivity index (χ1) is 19.2. The Labute approximate surface area is 240 Å². The summed E-state index contributed by atoms with van der Waals surface area (Å²) in [5.41, 5.74) is 1.83. The highest BCUT2D eigenvalue weighted by atomic mass is 16.5. The van der Waals surface area contributed by atoms with Crippen LogP contribution in [-0.4, -0.2) is 24.8 Å². The van der Waals surface area contributed by atoms with Gasteiger partial charge in [0.2, 0.25) is 0 Å². The van der Waals surface area contributed by atoms with E-state index in [2.05, 4.69) is 6.08 Å². The molecule has 3 heteroatoms. The summed E-state index contributed by atoms with van der Waals surface area (Å²) in [6.45, 7) is 2.43. The normalized spacial score (nSPS) is 34.4. The van der Waals surface area contributed by atoms with Crippen LogP contribution >= 0.6 is 0 Å². The van der Waals surface area contributed by atoms with Gasteiger partial charge in [-0.15, -0.1) is 0 Å². The van der Waals surface area contributed by atoms with Crippen LogP contribution in [0.5, 0.6) is 0 Å². The SMILES string of the molecule is CCOC(=O)CCC1CCC2C(CCC3CCC(OC4CCCCC4)CC3)C=C(CCC3CCCCC3)C2C1. The number of hydrogen-bond donors (Lipinski definition) is 0. The molecule has 3 nitrogen and oxygen atoms in total. The average Bonchev–Trinajstić information content (AvgIpc) is 3.32. The third-order valence-electron chi connectivity index (χ3n) is 11.7. The summed E-state index contributed by atoms with van der Waals surface area (Å²) >= 11 is 0. The number of carbonyl (C=O) groups excluding carboxylic acids is 1. The molecule has 0 saturated heterocycles. The van der Waals surface area contributed by atoms with E-state index in [4.69, 9.17) is 9.47 Å². The molecule has 5 aliphatic carbocycles. The van der Waals surface area contributed by atoms with Crippen LogP contribution < -0.4 is 0 Å². The van der Waals surface area contributed by atoms with Crippen LogP contribution in [0, 0.1) is 35.5 Å². The Balaban J connectivity index is 1.10. The fraction of sp³-hybridized carbons (Fsp3) is 0.917. The van der Waals surface area contributed by atoms with E-state index in [1.54, 1.807) is 0 Å². The molecule has 4 atom stereocenters. The molecule has 4 fully saturated rings. The highest BCUT2D eigenvalue weighted by Crippen LogP contribution is 2.51. The molecule has 0 N–H and O–H groups in total. The van der Waals surface area contributed by atoms with Crippen molar-refractivity contribution in [2.45, 2.75) is 167 Å². The Bertz CT molecular complexity index is 753. The molecule has 4 saturated carbocycles. The topological polar surface area (TPSA) is 35.5 Å². The Morgan fingerprint density at radius 1 is 0.718 bits per heavy atom. The van der Waals surface area contributed by atoms with Crippen molar-refractivity contribution in [3.05, 3.63) is 11.6 Å². The molecule has 5 aliphatic rings. The fourth-order valence-corrected chi connectivity index (χ4v) is 9.43. The van der Waals surface area contributed by atoms with Gasteiger partial charge < -0.3 is 9.47 Å². The van der Waals surface area contributed by atoms with Gasteiger partial charge in [0.1, 0.15) is 0 Å². The molecule has 0 bridgehead atoms.